The molecule has 0 radical (unpaired) electrons. The van der Waals surface area contributed by atoms with Crippen LogP contribution in [-0.4, -0.2) is 37.0 Å². The Bertz CT molecular complexity index is 398. The normalized spacial score (nSPS) is 16.7. The molecular formula is C18H32N2O4. The summed E-state index contributed by atoms with van der Waals surface area (Å²) < 4.78 is 4.76. The predicted molar refractivity (Wildman–Crippen MR) is 92.4 cm³/mol. The molecule has 0 unspecified atom stereocenters. The van der Waals surface area contributed by atoms with Crippen molar-refractivity contribution < 1.29 is 19.1 Å². The van der Waals surface area contributed by atoms with E-state index in [0.29, 0.717) is 19.6 Å². The molecule has 1 atom stereocenters. The molecule has 1 aliphatic rings. The number of carbonyl (C=O) groups is 3. The second-order valence-electron chi connectivity index (χ2n) is 6.43. The van der Waals surface area contributed by atoms with Crippen LogP contribution in [0.25, 0.3) is 0 Å². The Morgan fingerprint density at radius 2 is 1.62 bits per heavy atom. The van der Waals surface area contributed by atoms with Crippen molar-refractivity contribution in [2.75, 3.05) is 13.2 Å². The first-order valence-corrected chi connectivity index (χ1v) is 9.36. The summed E-state index contributed by atoms with van der Waals surface area (Å²) in [7, 11) is 0. The van der Waals surface area contributed by atoms with Gasteiger partial charge in [0.2, 0.25) is 11.8 Å². The minimum Gasteiger partial charge on any atom is -0.464 e. The Kier molecular flexibility index (Phi) is 10.9. The molecule has 1 saturated heterocycles. The smallest absolute Gasteiger partial charge is 0.328 e. The van der Waals surface area contributed by atoms with Crippen LogP contribution in [0.5, 0.6) is 0 Å². The van der Waals surface area contributed by atoms with Gasteiger partial charge in [0.05, 0.1) is 6.61 Å². The van der Waals surface area contributed by atoms with Crippen molar-refractivity contribution in [3.05, 3.63) is 0 Å². The summed E-state index contributed by atoms with van der Waals surface area (Å²) in [5, 5.41) is 5.28. The number of nitrogens with one attached hydrogen (secondary N) is 2. The molecule has 0 aromatic rings. The minimum absolute atomic E-state index is 0.235. The highest BCUT2D eigenvalue weighted by atomic mass is 16.5. The molecule has 0 spiro atoms. The number of esters is 1. The summed E-state index contributed by atoms with van der Waals surface area (Å²) in [4.78, 5) is 34.5. The zero-order valence-corrected chi connectivity index (χ0v) is 14.9. The lowest BCUT2D eigenvalue weighted by Crippen LogP contribution is -2.40. The first-order valence-electron chi connectivity index (χ1n) is 9.36. The molecule has 1 fully saturated rings. The van der Waals surface area contributed by atoms with Crippen LogP contribution in [-0.2, 0) is 19.1 Å². The fourth-order valence-electron chi connectivity index (χ4n) is 2.74. The quantitative estimate of drug-likeness (QED) is 0.306. The largest absolute Gasteiger partial charge is 0.464 e. The summed E-state index contributed by atoms with van der Waals surface area (Å²) in [5.74, 6) is -1.14. The highest BCUT2D eigenvalue weighted by Crippen LogP contribution is 2.09. The number of unbranched alkanes of at least 4 members (excludes halogenated alkanes) is 8. The summed E-state index contributed by atoms with van der Waals surface area (Å²) in [6.45, 7) is 3.16. The zero-order chi connectivity index (χ0) is 17.6. The lowest BCUT2D eigenvalue weighted by atomic mass is 10.1. The molecule has 6 heteroatoms. The van der Waals surface area contributed by atoms with Crippen molar-refractivity contribution in [3.8, 4) is 0 Å². The number of carbonyl (C=O) groups excluding carboxylic acids is 3. The number of rotatable bonds is 13. The highest BCUT2D eigenvalue weighted by Gasteiger charge is 2.28. The molecule has 24 heavy (non-hydrogen) atoms. The van der Waals surface area contributed by atoms with Gasteiger partial charge in [0.15, 0.2) is 0 Å². The molecule has 1 heterocycles. The maximum Gasteiger partial charge on any atom is 0.328 e. The van der Waals surface area contributed by atoms with Gasteiger partial charge in [-0.3, -0.25) is 9.59 Å². The van der Waals surface area contributed by atoms with Crippen molar-refractivity contribution in [1.29, 1.82) is 0 Å². The Balaban J connectivity index is 1.92. The first-order chi connectivity index (χ1) is 11.6. The van der Waals surface area contributed by atoms with E-state index in [-0.39, 0.29) is 12.3 Å². The fourth-order valence-corrected chi connectivity index (χ4v) is 2.74. The molecule has 0 aliphatic carbocycles. The molecular weight excluding hydrogens is 308 g/mol. The maximum absolute atomic E-state index is 11.7. The molecule has 0 bridgehead atoms. The van der Waals surface area contributed by atoms with Crippen LogP contribution in [0.4, 0.5) is 0 Å². The monoisotopic (exact) mass is 340 g/mol. The van der Waals surface area contributed by atoms with Gasteiger partial charge in [0.1, 0.15) is 12.5 Å². The third kappa shape index (κ3) is 9.53. The standard InChI is InChI=1S/C18H32N2O4/c1-2-3-4-5-6-7-8-9-10-12-19-16(21)14-17(22)20-15-11-13-24-18(15)23/h15H,2-14H2,1H3,(H,19,21)(H,20,22)/t15-/m0/s1. The Labute approximate surface area is 145 Å². The molecule has 0 aromatic carbocycles. The van der Waals surface area contributed by atoms with Crippen LogP contribution in [0.15, 0.2) is 0 Å². The lowest BCUT2D eigenvalue weighted by Gasteiger charge is -2.09. The van der Waals surface area contributed by atoms with Crippen LogP contribution in [0.1, 0.15) is 77.6 Å². The Morgan fingerprint density at radius 1 is 1.00 bits per heavy atom. The van der Waals surface area contributed by atoms with E-state index >= 15 is 0 Å². The van der Waals surface area contributed by atoms with Gasteiger partial charge < -0.3 is 15.4 Å². The third-order valence-electron chi connectivity index (χ3n) is 4.19. The van der Waals surface area contributed by atoms with E-state index in [1.165, 1.54) is 44.9 Å². The van der Waals surface area contributed by atoms with Crippen LogP contribution < -0.4 is 10.6 Å². The van der Waals surface area contributed by atoms with E-state index in [0.717, 1.165) is 12.8 Å². The molecule has 1 rings (SSSR count). The number of hydrogen-bond acceptors (Lipinski definition) is 4. The zero-order valence-electron chi connectivity index (χ0n) is 14.9. The van der Waals surface area contributed by atoms with Crippen molar-refractivity contribution in [1.82, 2.24) is 10.6 Å². The van der Waals surface area contributed by atoms with Gasteiger partial charge in [-0.2, -0.15) is 0 Å². The maximum atomic E-state index is 11.7. The highest BCUT2D eigenvalue weighted by molar-refractivity contribution is 5.98. The second-order valence-corrected chi connectivity index (χ2v) is 6.43. The minimum atomic E-state index is -0.595. The van der Waals surface area contributed by atoms with E-state index in [4.69, 9.17) is 4.74 Å². The molecule has 0 aromatic heterocycles. The van der Waals surface area contributed by atoms with Gasteiger partial charge in [-0.05, 0) is 6.42 Å². The summed E-state index contributed by atoms with van der Waals surface area (Å²) >= 11 is 0. The van der Waals surface area contributed by atoms with Crippen molar-refractivity contribution in [2.24, 2.45) is 0 Å². The van der Waals surface area contributed by atoms with Crippen LogP contribution in [0.2, 0.25) is 0 Å². The van der Waals surface area contributed by atoms with Crippen LogP contribution in [0.3, 0.4) is 0 Å². The molecule has 1 aliphatic heterocycles. The Morgan fingerprint density at radius 3 is 2.21 bits per heavy atom. The number of ether oxygens (including phenoxy) is 1. The van der Waals surface area contributed by atoms with Crippen molar-refractivity contribution in [3.63, 3.8) is 0 Å². The van der Waals surface area contributed by atoms with Gasteiger partial charge in [0, 0.05) is 13.0 Å². The van der Waals surface area contributed by atoms with E-state index in [9.17, 15) is 14.4 Å². The molecule has 0 saturated carbocycles. The average molecular weight is 340 g/mol. The van der Waals surface area contributed by atoms with E-state index in [1.807, 2.05) is 0 Å². The Hall–Kier alpha value is -1.59. The topological polar surface area (TPSA) is 84.5 Å². The van der Waals surface area contributed by atoms with Crippen molar-refractivity contribution in [2.45, 2.75) is 83.6 Å². The molecule has 2 N–H and O–H groups in total. The second kappa shape index (κ2) is 12.8. The van der Waals surface area contributed by atoms with E-state index in [2.05, 4.69) is 17.6 Å². The summed E-state index contributed by atoms with van der Waals surface area (Å²) in [5.41, 5.74) is 0. The number of hydrogen-bond donors (Lipinski definition) is 2. The van der Waals surface area contributed by atoms with Gasteiger partial charge in [-0.25, -0.2) is 4.79 Å². The van der Waals surface area contributed by atoms with E-state index in [1.54, 1.807) is 0 Å². The van der Waals surface area contributed by atoms with Crippen LogP contribution in [0, 0.1) is 0 Å². The fraction of sp³-hybridized carbons (Fsp3) is 0.833. The van der Waals surface area contributed by atoms with Gasteiger partial charge >= 0.3 is 5.97 Å². The van der Waals surface area contributed by atoms with Gasteiger partial charge in [0.25, 0.3) is 0 Å². The molecule has 2 amide bonds. The third-order valence-corrected chi connectivity index (χ3v) is 4.19. The van der Waals surface area contributed by atoms with Gasteiger partial charge in [-0.1, -0.05) is 58.3 Å². The van der Waals surface area contributed by atoms with E-state index < -0.39 is 17.9 Å². The number of cyclic esters (lactones) is 1. The SMILES string of the molecule is CCCCCCCCCCCNC(=O)CC(=O)N[C@H]1CCOC1=O. The molecule has 138 valence electrons. The summed E-state index contributed by atoms with van der Waals surface area (Å²) in [6, 6.07) is -0.595. The lowest BCUT2D eigenvalue weighted by molar-refractivity contribution is -0.142. The van der Waals surface area contributed by atoms with Gasteiger partial charge in [-0.15, -0.1) is 0 Å². The molecule has 6 nitrogen and oxygen atoms in total. The van der Waals surface area contributed by atoms with Crippen LogP contribution >= 0.6 is 0 Å². The van der Waals surface area contributed by atoms with Crippen molar-refractivity contribution >= 4 is 17.8 Å². The first kappa shape index (κ1) is 20.5. The predicted octanol–water partition coefficient (Wildman–Crippen LogP) is 2.46. The number of amides is 2. The average Bonchev–Trinajstić information content (AvgIpc) is 2.94. The summed E-state index contributed by atoms with van der Waals surface area (Å²) in [6.07, 6.45) is 11.3.